The molecule has 2 nitrogen and oxygen atoms in total. The molecule has 0 aliphatic carbocycles. The van der Waals surface area contributed by atoms with Crippen LogP contribution in [-0.4, -0.2) is 19.6 Å². The highest BCUT2D eigenvalue weighted by atomic mass is 15.2. The number of hydrogen-bond acceptors (Lipinski definition) is 2. The molecule has 2 heteroatoms. The molecule has 1 aromatic carbocycles. The van der Waals surface area contributed by atoms with E-state index in [0.29, 0.717) is 6.04 Å². The summed E-state index contributed by atoms with van der Waals surface area (Å²) in [6.07, 6.45) is 5.42. The lowest BCUT2D eigenvalue weighted by Crippen LogP contribution is -2.33. The molecule has 1 heterocycles. The van der Waals surface area contributed by atoms with Crippen molar-refractivity contribution in [3.05, 3.63) is 29.3 Å². The summed E-state index contributed by atoms with van der Waals surface area (Å²) in [6, 6.07) is 7.55. The van der Waals surface area contributed by atoms with E-state index in [9.17, 15) is 0 Å². The third kappa shape index (κ3) is 3.05. The first kappa shape index (κ1) is 13.4. The predicted octanol–water partition coefficient (Wildman–Crippen LogP) is 3.48. The molecule has 2 rings (SSSR count). The van der Waals surface area contributed by atoms with Crippen molar-refractivity contribution in [2.75, 3.05) is 18.5 Å². The Balaban J connectivity index is 2.29. The maximum absolute atomic E-state index is 3.29. The molecule has 100 valence electrons. The van der Waals surface area contributed by atoms with E-state index in [4.69, 9.17) is 0 Å². The van der Waals surface area contributed by atoms with Crippen LogP contribution in [0.2, 0.25) is 0 Å². The molecule has 0 amide bonds. The monoisotopic (exact) mass is 246 g/mol. The van der Waals surface area contributed by atoms with Crippen molar-refractivity contribution in [2.24, 2.45) is 0 Å². The van der Waals surface area contributed by atoms with E-state index in [2.05, 4.69) is 42.3 Å². The summed E-state index contributed by atoms with van der Waals surface area (Å²) in [5.41, 5.74) is 4.22. The Morgan fingerprint density at radius 3 is 2.89 bits per heavy atom. The van der Waals surface area contributed by atoms with Crippen LogP contribution < -0.4 is 10.2 Å². The van der Waals surface area contributed by atoms with Gasteiger partial charge in [0.1, 0.15) is 0 Å². The molecule has 0 spiro atoms. The van der Waals surface area contributed by atoms with Gasteiger partial charge >= 0.3 is 0 Å². The maximum atomic E-state index is 3.29. The fourth-order valence-electron chi connectivity index (χ4n) is 2.96. The average Bonchev–Trinajstić information content (AvgIpc) is 2.55. The number of nitrogens with zero attached hydrogens (tertiary/aromatic N) is 1. The van der Waals surface area contributed by atoms with E-state index in [-0.39, 0.29) is 0 Å². The second-order valence-corrected chi connectivity index (χ2v) is 5.55. The van der Waals surface area contributed by atoms with E-state index in [1.165, 1.54) is 49.0 Å². The largest absolute Gasteiger partial charge is 0.369 e. The summed E-state index contributed by atoms with van der Waals surface area (Å²) in [5.74, 6) is 0. The fourth-order valence-corrected chi connectivity index (χ4v) is 2.96. The van der Waals surface area contributed by atoms with Gasteiger partial charge in [0.15, 0.2) is 0 Å². The van der Waals surface area contributed by atoms with Gasteiger partial charge in [-0.1, -0.05) is 30.5 Å². The van der Waals surface area contributed by atoms with Gasteiger partial charge in [0.25, 0.3) is 0 Å². The Bertz CT molecular complexity index is 387. The van der Waals surface area contributed by atoms with Crippen molar-refractivity contribution >= 4 is 5.69 Å². The van der Waals surface area contributed by atoms with Gasteiger partial charge < -0.3 is 10.2 Å². The van der Waals surface area contributed by atoms with Crippen LogP contribution >= 0.6 is 0 Å². The van der Waals surface area contributed by atoms with E-state index >= 15 is 0 Å². The van der Waals surface area contributed by atoms with Gasteiger partial charge in [-0.25, -0.2) is 0 Å². The van der Waals surface area contributed by atoms with Gasteiger partial charge in [0, 0.05) is 24.8 Å². The van der Waals surface area contributed by atoms with Crippen LogP contribution in [0.15, 0.2) is 18.2 Å². The molecule has 0 saturated carbocycles. The van der Waals surface area contributed by atoms with Gasteiger partial charge in [-0.15, -0.1) is 0 Å². The first-order chi connectivity index (χ1) is 8.72. The summed E-state index contributed by atoms with van der Waals surface area (Å²) >= 11 is 0. The molecule has 1 N–H and O–H groups in total. The van der Waals surface area contributed by atoms with Crippen molar-refractivity contribution in [3.63, 3.8) is 0 Å². The molecule has 1 aliphatic rings. The average molecular weight is 246 g/mol. The number of benzene rings is 1. The lowest BCUT2D eigenvalue weighted by Gasteiger charge is -2.31. The minimum absolute atomic E-state index is 0.672. The predicted molar refractivity (Wildman–Crippen MR) is 79.2 cm³/mol. The molecule has 0 aromatic heterocycles. The molecule has 1 aliphatic heterocycles. The smallest absolute Gasteiger partial charge is 0.0414 e. The van der Waals surface area contributed by atoms with E-state index in [1.807, 2.05) is 7.05 Å². The number of nitrogens with one attached hydrogen (secondary N) is 1. The second-order valence-electron chi connectivity index (χ2n) is 5.55. The zero-order valence-electron chi connectivity index (χ0n) is 12.0. The first-order valence-corrected chi connectivity index (χ1v) is 7.23. The SMILES string of the molecule is CNCc1cc(C)ccc1N1CCCCCC1C. The number of hydrogen-bond donors (Lipinski definition) is 1. The van der Waals surface area contributed by atoms with Crippen molar-refractivity contribution in [1.82, 2.24) is 5.32 Å². The van der Waals surface area contributed by atoms with Crippen LogP contribution in [0.1, 0.15) is 43.7 Å². The van der Waals surface area contributed by atoms with E-state index in [1.54, 1.807) is 0 Å². The first-order valence-electron chi connectivity index (χ1n) is 7.23. The molecule has 0 bridgehead atoms. The second kappa shape index (κ2) is 6.24. The van der Waals surface area contributed by atoms with Crippen LogP contribution in [0.3, 0.4) is 0 Å². The van der Waals surface area contributed by atoms with Crippen molar-refractivity contribution in [3.8, 4) is 0 Å². The molecule has 18 heavy (non-hydrogen) atoms. The Morgan fingerprint density at radius 1 is 1.28 bits per heavy atom. The standard InChI is InChI=1S/C16H26N2/c1-13-8-9-16(15(11-13)12-17-3)18-10-6-4-5-7-14(18)2/h8-9,11,14,17H,4-7,10,12H2,1-3H3. The molecule has 1 unspecified atom stereocenters. The lowest BCUT2D eigenvalue weighted by atomic mass is 10.1. The Labute approximate surface area is 111 Å². The summed E-state index contributed by atoms with van der Waals surface area (Å²) in [5, 5.41) is 3.29. The van der Waals surface area contributed by atoms with Crippen molar-refractivity contribution < 1.29 is 0 Å². The highest BCUT2D eigenvalue weighted by molar-refractivity contribution is 5.55. The van der Waals surface area contributed by atoms with Gasteiger partial charge in [0.05, 0.1) is 0 Å². The van der Waals surface area contributed by atoms with Crippen molar-refractivity contribution in [1.29, 1.82) is 0 Å². The van der Waals surface area contributed by atoms with Gasteiger partial charge in [-0.3, -0.25) is 0 Å². The summed E-state index contributed by atoms with van der Waals surface area (Å²) in [6.45, 7) is 6.71. The zero-order valence-corrected chi connectivity index (χ0v) is 12.0. The minimum Gasteiger partial charge on any atom is -0.369 e. The summed E-state index contributed by atoms with van der Waals surface area (Å²) in [4.78, 5) is 2.61. The summed E-state index contributed by atoms with van der Waals surface area (Å²) in [7, 11) is 2.03. The molecular formula is C16H26N2. The quantitative estimate of drug-likeness (QED) is 0.878. The molecular weight excluding hydrogens is 220 g/mol. The zero-order chi connectivity index (χ0) is 13.0. The van der Waals surface area contributed by atoms with E-state index in [0.717, 1.165) is 6.54 Å². The Kier molecular flexibility index (Phi) is 4.65. The molecule has 1 atom stereocenters. The molecule has 1 saturated heterocycles. The van der Waals surface area contributed by atoms with Crippen LogP contribution in [0.4, 0.5) is 5.69 Å². The van der Waals surface area contributed by atoms with Crippen LogP contribution in [0.5, 0.6) is 0 Å². The Morgan fingerprint density at radius 2 is 2.11 bits per heavy atom. The number of rotatable bonds is 3. The van der Waals surface area contributed by atoms with Gasteiger partial charge in [0.2, 0.25) is 0 Å². The van der Waals surface area contributed by atoms with Gasteiger partial charge in [-0.05, 0) is 45.4 Å². The van der Waals surface area contributed by atoms with Crippen LogP contribution in [0.25, 0.3) is 0 Å². The van der Waals surface area contributed by atoms with E-state index < -0.39 is 0 Å². The van der Waals surface area contributed by atoms with Crippen molar-refractivity contribution in [2.45, 2.75) is 52.1 Å². The fraction of sp³-hybridized carbons (Fsp3) is 0.625. The highest BCUT2D eigenvalue weighted by Gasteiger charge is 2.19. The third-order valence-corrected chi connectivity index (χ3v) is 3.96. The van der Waals surface area contributed by atoms with Crippen LogP contribution in [-0.2, 0) is 6.54 Å². The normalized spacial score (nSPS) is 20.8. The number of anilines is 1. The van der Waals surface area contributed by atoms with Gasteiger partial charge in [-0.2, -0.15) is 0 Å². The highest BCUT2D eigenvalue weighted by Crippen LogP contribution is 2.28. The molecule has 1 aromatic rings. The maximum Gasteiger partial charge on any atom is 0.0414 e. The van der Waals surface area contributed by atoms with Crippen LogP contribution in [0, 0.1) is 6.92 Å². The lowest BCUT2D eigenvalue weighted by molar-refractivity contribution is 0.613. The molecule has 0 radical (unpaired) electrons. The third-order valence-electron chi connectivity index (χ3n) is 3.96. The number of aryl methyl sites for hydroxylation is 1. The summed E-state index contributed by atoms with van der Waals surface area (Å²) < 4.78 is 0. The molecule has 1 fully saturated rings. The Hall–Kier alpha value is -1.02. The minimum atomic E-state index is 0.672. The topological polar surface area (TPSA) is 15.3 Å².